The molecule has 0 unspecified atom stereocenters. The molecule has 2 heterocycles. The molecule has 102 valence electrons. The zero-order valence-electron chi connectivity index (χ0n) is 11.9. The van der Waals surface area contributed by atoms with Crippen molar-refractivity contribution in [2.24, 2.45) is 0 Å². The van der Waals surface area contributed by atoms with Gasteiger partial charge >= 0.3 is 0 Å². The maximum Gasteiger partial charge on any atom is 0.183 e. The lowest BCUT2D eigenvalue weighted by Crippen LogP contribution is -2.35. The summed E-state index contributed by atoms with van der Waals surface area (Å²) in [5, 5.41) is 3.51. The number of rotatable bonds is 2. The molecule has 20 heavy (non-hydrogen) atoms. The molecule has 0 fully saturated rings. The van der Waals surface area contributed by atoms with Gasteiger partial charge < -0.3 is 10.1 Å². The van der Waals surface area contributed by atoms with E-state index in [4.69, 9.17) is 4.74 Å². The van der Waals surface area contributed by atoms with E-state index in [0.717, 1.165) is 12.2 Å². The van der Waals surface area contributed by atoms with Crippen LogP contribution in [0.3, 0.4) is 0 Å². The summed E-state index contributed by atoms with van der Waals surface area (Å²) in [7, 11) is 0. The van der Waals surface area contributed by atoms with Gasteiger partial charge in [-0.25, -0.2) is 0 Å². The molecular weight excluding hydrogens is 246 g/mol. The van der Waals surface area contributed by atoms with E-state index in [2.05, 4.69) is 61.6 Å². The highest BCUT2D eigenvalue weighted by Crippen LogP contribution is 2.53. The molecule has 2 aromatic rings. The van der Waals surface area contributed by atoms with Gasteiger partial charge in [-0.05, 0) is 36.6 Å². The number of nitrogens with one attached hydrogen (secondary N) is 1. The Bertz CT molecular complexity index is 679. The van der Waals surface area contributed by atoms with Crippen LogP contribution in [0.2, 0.25) is 0 Å². The minimum absolute atomic E-state index is 0.0202. The normalized spacial score (nSPS) is 25.4. The van der Waals surface area contributed by atoms with Crippen LogP contribution >= 0.6 is 0 Å². The van der Waals surface area contributed by atoms with Crippen LogP contribution in [0.4, 0.5) is 5.69 Å². The fourth-order valence-electron chi connectivity index (χ4n) is 3.58. The quantitative estimate of drug-likeness (QED) is 0.883. The van der Waals surface area contributed by atoms with Gasteiger partial charge in [0.05, 0.1) is 5.41 Å². The summed E-state index contributed by atoms with van der Waals surface area (Å²) in [6.07, 6.45) is 2.32. The summed E-state index contributed by atoms with van der Waals surface area (Å²) in [6, 6.07) is 15.2. The number of hydrogen-bond acceptors (Lipinski definition) is 2. The topological polar surface area (TPSA) is 21.3 Å². The van der Waals surface area contributed by atoms with Crippen molar-refractivity contribution >= 4 is 5.69 Å². The van der Waals surface area contributed by atoms with E-state index in [1.54, 1.807) is 0 Å². The summed E-state index contributed by atoms with van der Waals surface area (Å²) < 4.78 is 6.14. The van der Waals surface area contributed by atoms with Gasteiger partial charge in [-0.2, -0.15) is 0 Å². The average Bonchev–Trinajstić information content (AvgIpc) is 2.89. The van der Waals surface area contributed by atoms with Crippen molar-refractivity contribution < 1.29 is 4.74 Å². The molecule has 0 saturated carbocycles. The molecule has 2 nitrogen and oxygen atoms in total. The number of para-hydroxylation sites is 1. The molecular formula is C18H19NO. The minimum atomic E-state index is -0.0737. The zero-order valence-corrected chi connectivity index (χ0v) is 11.9. The number of hydrogen-bond donors (Lipinski definition) is 1. The largest absolute Gasteiger partial charge is 0.469 e. The predicted octanol–water partition coefficient (Wildman–Crippen LogP) is 4.09. The standard InChI is InChI=1S/C18H19NO/c1-3-6-12-9-10-16-14(11-12)18(2)13-7-4-5-8-15(13)19-17(18)20-16/h4-5,7-11,17,19H,3,6H2,1-2H3/t17-,18+/m0/s1. The number of aryl methyl sites for hydroxylation is 1. The van der Waals surface area contributed by atoms with E-state index in [-0.39, 0.29) is 11.6 Å². The summed E-state index contributed by atoms with van der Waals surface area (Å²) in [6.45, 7) is 4.51. The first-order chi connectivity index (χ1) is 9.73. The molecule has 0 bridgehead atoms. The zero-order chi connectivity index (χ0) is 13.7. The van der Waals surface area contributed by atoms with Gasteiger partial charge in [-0.3, -0.25) is 0 Å². The molecule has 0 radical (unpaired) electrons. The van der Waals surface area contributed by atoms with Crippen molar-refractivity contribution in [3.63, 3.8) is 0 Å². The molecule has 2 aromatic carbocycles. The molecule has 0 amide bonds. The third-order valence-electron chi connectivity index (χ3n) is 4.68. The van der Waals surface area contributed by atoms with Gasteiger partial charge in [-0.1, -0.05) is 43.7 Å². The van der Waals surface area contributed by atoms with Crippen LogP contribution in [0.15, 0.2) is 42.5 Å². The Morgan fingerprint density at radius 3 is 2.85 bits per heavy atom. The Morgan fingerprint density at radius 1 is 1.15 bits per heavy atom. The van der Waals surface area contributed by atoms with Crippen LogP contribution in [-0.2, 0) is 11.8 Å². The average molecular weight is 265 g/mol. The molecule has 4 rings (SSSR count). The predicted molar refractivity (Wildman–Crippen MR) is 81.4 cm³/mol. The second-order valence-electron chi connectivity index (χ2n) is 5.97. The summed E-state index contributed by atoms with van der Waals surface area (Å²) in [5.74, 6) is 1.03. The van der Waals surface area contributed by atoms with Gasteiger partial charge in [0.25, 0.3) is 0 Å². The Morgan fingerprint density at radius 2 is 2.00 bits per heavy atom. The second-order valence-corrected chi connectivity index (χ2v) is 5.97. The van der Waals surface area contributed by atoms with Crippen LogP contribution in [0.5, 0.6) is 5.75 Å². The van der Waals surface area contributed by atoms with Gasteiger partial charge in [-0.15, -0.1) is 0 Å². The molecule has 0 spiro atoms. The Hall–Kier alpha value is -1.96. The lowest BCUT2D eigenvalue weighted by molar-refractivity contribution is 0.217. The van der Waals surface area contributed by atoms with Crippen molar-refractivity contribution in [3.05, 3.63) is 59.2 Å². The van der Waals surface area contributed by atoms with Crippen molar-refractivity contribution in [2.75, 3.05) is 5.32 Å². The summed E-state index contributed by atoms with van der Waals surface area (Å²) >= 11 is 0. The van der Waals surface area contributed by atoms with Gasteiger partial charge in [0.2, 0.25) is 0 Å². The van der Waals surface area contributed by atoms with E-state index in [0.29, 0.717) is 0 Å². The molecule has 2 atom stereocenters. The van der Waals surface area contributed by atoms with Crippen LogP contribution in [0, 0.1) is 0 Å². The first-order valence-electron chi connectivity index (χ1n) is 7.39. The number of anilines is 1. The maximum atomic E-state index is 6.14. The third-order valence-corrected chi connectivity index (χ3v) is 4.68. The second kappa shape index (κ2) is 4.02. The van der Waals surface area contributed by atoms with Gasteiger partial charge in [0, 0.05) is 11.3 Å². The molecule has 2 heteroatoms. The van der Waals surface area contributed by atoms with Gasteiger partial charge in [0.1, 0.15) is 5.75 Å². The smallest absolute Gasteiger partial charge is 0.183 e. The lowest BCUT2D eigenvalue weighted by atomic mass is 9.77. The third kappa shape index (κ3) is 1.39. The Balaban J connectivity index is 1.89. The van der Waals surface area contributed by atoms with Crippen molar-refractivity contribution in [3.8, 4) is 5.75 Å². The summed E-state index contributed by atoms with van der Waals surface area (Å²) in [4.78, 5) is 0. The van der Waals surface area contributed by atoms with E-state index in [1.165, 1.54) is 28.8 Å². The fourth-order valence-corrected chi connectivity index (χ4v) is 3.58. The number of ether oxygens (including phenoxy) is 1. The highest BCUT2D eigenvalue weighted by Gasteiger charge is 2.52. The number of fused-ring (bicyclic) bond motifs is 5. The molecule has 1 N–H and O–H groups in total. The lowest BCUT2D eigenvalue weighted by Gasteiger charge is -2.23. The van der Waals surface area contributed by atoms with Crippen LogP contribution < -0.4 is 10.1 Å². The Kier molecular flexibility index (Phi) is 2.38. The SMILES string of the molecule is CCCc1ccc2c(c1)[C@@]1(C)c3ccccc3N[C@H]1O2. The first-order valence-corrected chi connectivity index (χ1v) is 7.39. The van der Waals surface area contributed by atoms with Crippen molar-refractivity contribution in [1.82, 2.24) is 0 Å². The van der Waals surface area contributed by atoms with Crippen LogP contribution in [0.25, 0.3) is 0 Å². The molecule has 0 aromatic heterocycles. The maximum absolute atomic E-state index is 6.14. The first kappa shape index (κ1) is 11.8. The monoisotopic (exact) mass is 265 g/mol. The summed E-state index contributed by atoms with van der Waals surface area (Å²) in [5.41, 5.74) is 5.20. The van der Waals surface area contributed by atoms with E-state index in [1.807, 2.05) is 0 Å². The van der Waals surface area contributed by atoms with E-state index in [9.17, 15) is 0 Å². The van der Waals surface area contributed by atoms with Crippen LogP contribution in [0.1, 0.15) is 37.0 Å². The fraction of sp³-hybridized carbons (Fsp3) is 0.333. The molecule has 0 aliphatic carbocycles. The van der Waals surface area contributed by atoms with Crippen molar-refractivity contribution in [2.45, 2.75) is 38.3 Å². The minimum Gasteiger partial charge on any atom is -0.469 e. The molecule has 2 aliphatic heterocycles. The molecule has 2 aliphatic rings. The highest BCUT2D eigenvalue weighted by molar-refractivity contribution is 5.69. The van der Waals surface area contributed by atoms with E-state index < -0.39 is 0 Å². The van der Waals surface area contributed by atoms with Crippen molar-refractivity contribution in [1.29, 1.82) is 0 Å². The number of benzene rings is 2. The van der Waals surface area contributed by atoms with Gasteiger partial charge in [0.15, 0.2) is 6.23 Å². The Labute approximate surface area is 119 Å². The van der Waals surface area contributed by atoms with E-state index >= 15 is 0 Å². The van der Waals surface area contributed by atoms with Crippen LogP contribution in [-0.4, -0.2) is 6.23 Å². The molecule has 0 saturated heterocycles. The highest BCUT2D eigenvalue weighted by atomic mass is 16.5.